The first-order valence-corrected chi connectivity index (χ1v) is 13.5. The zero-order chi connectivity index (χ0) is 24.4. The van der Waals surface area contributed by atoms with Crippen molar-refractivity contribution in [3.05, 3.63) is 107 Å². The Morgan fingerprint density at radius 1 is 0.857 bits per heavy atom. The van der Waals surface area contributed by atoms with E-state index in [1.807, 2.05) is 78.5 Å². The van der Waals surface area contributed by atoms with Gasteiger partial charge in [-0.2, -0.15) is 5.10 Å². The normalized spacial score (nSPS) is 22.2. The maximum absolute atomic E-state index is 15.6. The molecule has 5 nitrogen and oxygen atoms in total. The molecule has 0 radical (unpaired) electrons. The second-order valence-corrected chi connectivity index (χ2v) is 12.3. The molecule has 35 heavy (non-hydrogen) atoms. The standard InChI is InChI=1S/C29H27N4OP/c1-20-26-28(33(31-20)21-13-7-5-8-14-21)30-19-25(35(26,34)22-15-9-6-10-16-22)27-29(2,3)23-17-11-12-18-24(23)32(27)4/h5-19H,1-4H3/b27-25+. The van der Waals surface area contributed by atoms with Crippen molar-refractivity contribution in [2.75, 3.05) is 11.9 Å². The van der Waals surface area contributed by atoms with Gasteiger partial charge < -0.3 is 9.46 Å². The Labute approximate surface area is 205 Å². The summed E-state index contributed by atoms with van der Waals surface area (Å²) in [6, 6.07) is 28.1. The van der Waals surface area contributed by atoms with E-state index in [0.29, 0.717) is 5.82 Å². The molecule has 0 fully saturated rings. The lowest BCUT2D eigenvalue weighted by molar-refractivity contribution is 0.588. The number of para-hydroxylation sites is 2. The van der Waals surface area contributed by atoms with E-state index in [2.05, 4.69) is 50.1 Å². The first-order chi connectivity index (χ1) is 16.8. The number of fused-ring (bicyclic) bond motifs is 2. The van der Waals surface area contributed by atoms with Gasteiger partial charge in [0, 0.05) is 35.4 Å². The van der Waals surface area contributed by atoms with Crippen molar-refractivity contribution in [2.24, 2.45) is 4.99 Å². The number of aromatic nitrogens is 2. The van der Waals surface area contributed by atoms with E-state index in [-0.39, 0.29) is 5.41 Å². The molecule has 2 aliphatic rings. The van der Waals surface area contributed by atoms with Gasteiger partial charge >= 0.3 is 0 Å². The molecule has 2 aliphatic heterocycles. The molecule has 1 aromatic heterocycles. The second kappa shape index (κ2) is 7.66. The third kappa shape index (κ3) is 2.98. The van der Waals surface area contributed by atoms with Crippen LogP contribution in [0.25, 0.3) is 5.69 Å². The van der Waals surface area contributed by atoms with Gasteiger partial charge in [0.1, 0.15) is 0 Å². The fraction of sp³-hybridized carbons (Fsp3) is 0.172. The number of nitrogens with zero attached hydrogens (tertiary/aromatic N) is 4. The molecule has 6 heteroatoms. The Bertz CT molecular complexity index is 1560. The summed E-state index contributed by atoms with van der Waals surface area (Å²) in [6.45, 7) is 6.35. The molecule has 3 heterocycles. The van der Waals surface area contributed by atoms with Crippen LogP contribution in [0.2, 0.25) is 0 Å². The number of hydrogen-bond acceptors (Lipinski definition) is 4. The van der Waals surface area contributed by atoms with Gasteiger partial charge in [0.15, 0.2) is 13.0 Å². The van der Waals surface area contributed by atoms with E-state index in [1.165, 1.54) is 5.56 Å². The Morgan fingerprint density at radius 2 is 1.49 bits per heavy atom. The maximum atomic E-state index is 15.6. The zero-order valence-electron chi connectivity index (χ0n) is 20.3. The second-order valence-electron chi connectivity index (χ2n) is 9.64. The number of benzene rings is 3. The topological polar surface area (TPSA) is 50.5 Å². The van der Waals surface area contributed by atoms with Crippen LogP contribution in [0.15, 0.2) is 101 Å². The molecular weight excluding hydrogens is 451 g/mol. The Hall–Kier alpha value is -3.69. The van der Waals surface area contributed by atoms with Crippen LogP contribution in [0.5, 0.6) is 0 Å². The first kappa shape index (κ1) is 21.8. The molecule has 0 spiro atoms. The van der Waals surface area contributed by atoms with Crippen molar-refractivity contribution in [1.29, 1.82) is 0 Å². The lowest BCUT2D eigenvalue weighted by atomic mass is 9.84. The summed E-state index contributed by atoms with van der Waals surface area (Å²) in [5.41, 5.74) is 4.68. The van der Waals surface area contributed by atoms with E-state index >= 15 is 4.57 Å². The fourth-order valence-corrected chi connectivity index (χ4v) is 8.89. The lowest BCUT2D eigenvalue weighted by Crippen LogP contribution is -2.30. The smallest absolute Gasteiger partial charge is 0.179 e. The molecule has 0 amide bonds. The summed E-state index contributed by atoms with van der Waals surface area (Å²) >= 11 is 0. The fourth-order valence-electron chi connectivity index (χ4n) is 5.63. The van der Waals surface area contributed by atoms with E-state index in [9.17, 15) is 0 Å². The van der Waals surface area contributed by atoms with Gasteiger partial charge in [-0.25, -0.2) is 9.67 Å². The zero-order valence-corrected chi connectivity index (χ0v) is 21.2. The van der Waals surface area contributed by atoms with Crippen molar-refractivity contribution >= 4 is 35.5 Å². The minimum absolute atomic E-state index is 0.335. The number of allylic oxidation sites excluding steroid dienone is 2. The number of aliphatic imine (C=N–C) groups is 1. The van der Waals surface area contributed by atoms with Crippen molar-refractivity contribution in [2.45, 2.75) is 26.2 Å². The molecule has 3 aromatic carbocycles. The highest BCUT2D eigenvalue weighted by Crippen LogP contribution is 2.61. The third-order valence-electron chi connectivity index (χ3n) is 7.20. The van der Waals surface area contributed by atoms with Crippen molar-refractivity contribution in [3.63, 3.8) is 0 Å². The predicted octanol–water partition coefficient (Wildman–Crippen LogP) is 5.85. The van der Waals surface area contributed by atoms with Crippen LogP contribution < -0.4 is 15.5 Å². The number of anilines is 1. The highest BCUT2D eigenvalue weighted by Gasteiger charge is 2.48. The molecule has 6 rings (SSSR count). The van der Waals surface area contributed by atoms with Crippen LogP contribution in [0.3, 0.4) is 0 Å². The number of hydrogen-bond donors (Lipinski definition) is 0. The van der Waals surface area contributed by atoms with Gasteiger partial charge in [0.05, 0.1) is 22.0 Å². The molecular formula is C29H27N4OP. The van der Waals surface area contributed by atoms with Crippen molar-refractivity contribution < 1.29 is 4.57 Å². The first-order valence-electron chi connectivity index (χ1n) is 11.8. The van der Waals surface area contributed by atoms with E-state index in [1.54, 1.807) is 0 Å². The van der Waals surface area contributed by atoms with Gasteiger partial charge in [-0.05, 0) is 30.7 Å². The molecule has 0 bridgehead atoms. The summed E-state index contributed by atoms with van der Waals surface area (Å²) in [6.07, 6.45) is 1.83. The van der Waals surface area contributed by atoms with E-state index in [4.69, 9.17) is 10.1 Å². The molecule has 0 saturated heterocycles. The number of aryl methyl sites for hydroxylation is 1. The van der Waals surface area contributed by atoms with Crippen molar-refractivity contribution in [1.82, 2.24) is 9.78 Å². The largest absolute Gasteiger partial charge is 0.346 e. The minimum atomic E-state index is -3.29. The van der Waals surface area contributed by atoms with Crippen LogP contribution in [0.4, 0.5) is 11.5 Å². The SMILES string of the molecule is Cc1nn(-c2ccccc2)c2c1P(=O)(c1ccccc1)/C(=C1/N(C)c3ccccc3C1(C)C)C=N2. The summed E-state index contributed by atoms with van der Waals surface area (Å²) < 4.78 is 17.4. The van der Waals surface area contributed by atoms with Crippen LogP contribution in [-0.4, -0.2) is 23.0 Å². The monoisotopic (exact) mass is 478 g/mol. The summed E-state index contributed by atoms with van der Waals surface area (Å²) in [5.74, 6) is 0.640. The molecule has 0 N–H and O–H groups in total. The molecule has 1 atom stereocenters. The highest BCUT2D eigenvalue weighted by molar-refractivity contribution is 7.83. The molecule has 0 aliphatic carbocycles. The Morgan fingerprint density at radius 3 is 2.17 bits per heavy atom. The summed E-state index contributed by atoms with van der Waals surface area (Å²) in [7, 11) is -1.23. The average Bonchev–Trinajstić information content (AvgIpc) is 3.32. The van der Waals surface area contributed by atoms with Gasteiger partial charge in [-0.3, -0.25) is 0 Å². The van der Waals surface area contributed by atoms with Crippen LogP contribution in [0, 0.1) is 6.92 Å². The van der Waals surface area contributed by atoms with Crippen LogP contribution >= 0.6 is 7.14 Å². The molecule has 4 aromatic rings. The molecule has 0 saturated carbocycles. The number of likely N-dealkylation sites (N-methyl/N-ethyl adjacent to an activating group) is 1. The van der Waals surface area contributed by atoms with Gasteiger partial charge in [0.25, 0.3) is 0 Å². The molecule has 174 valence electrons. The third-order valence-corrected chi connectivity index (χ3v) is 10.4. The van der Waals surface area contributed by atoms with E-state index < -0.39 is 7.14 Å². The van der Waals surface area contributed by atoms with Gasteiger partial charge in [-0.15, -0.1) is 0 Å². The minimum Gasteiger partial charge on any atom is -0.346 e. The summed E-state index contributed by atoms with van der Waals surface area (Å²) in [4.78, 5) is 7.11. The quantitative estimate of drug-likeness (QED) is 0.340. The summed E-state index contributed by atoms with van der Waals surface area (Å²) in [5, 5.41) is 7.12. The van der Waals surface area contributed by atoms with Gasteiger partial charge in [0.2, 0.25) is 0 Å². The van der Waals surface area contributed by atoms with Crippen LogP contribution in [-0.2, 0) is 9.98 Å². The average molecular weight is 479 g/mol. The highest BCUT2D eigenvalue weighted by atomic mass is 31.2. The van der Waals surface area contributed by atoms with Gasteiger partial charge in [-0.1, -0.05) is 80.6 Å². The Kier molecular flexibility index (Phi) is 4.77. The Balaban J connectivity index is 1.69. The van der Waals surface area contributed by atoms with Crippen LogP contribution in [0.1, 0.15) is 25.1 Å². The maximum Gasteiger partial charge on any atom is 0.179 e. The van der Waals surface area contributed by atoms with E-state index in [0.717, 1.165) is 38.7 Å². The molecule has 1 unspecified atom stereocenters. The predicted molar refractivity (Wildman–Crippen MR) is 145 cm³/mol. The number of rotatable bonds is 2. The van der Waals surface area contributed by atoms with Crippen molar-refractivity contribution in [3.8, 4) is 5.69 Å². The lowest BCUT2D eigenvalue weighted by Gasteiger charge is -2.32.